The highest BCUT2D eigenvalue weighted by atomic mass is 15.1. The molecule has 2 rings (SSSR count). The fourth-order valence-corrected chi connectivity index (χ4v) is 2.39. The lowest BCUT2D eigenvalue weighted by Gasteiger charge is -2.26. The van der Waals surface area contributed by atoms with E-state index < -0.39 is 0 Å². The lowest BCUT2D eigenvalue weighted by atomic mass is 9.98. The van der Waals surface area contributed by atoms with Crippen LogP contribution in [0.15, 0.2) is 42.5 Å². The van der Waals surface area contributed by atoms with E-state index in [2.05, 4.69) is 73.7 Å². The molecule has 0 spiro atoms. The average molecular weight is 242 g/mol. The van der Waals surface area contributed by atoms with E-state index in [0.29, 0.717) is 6.04 Å². The van der Waals surface area contributed by atoms with Crippen LogP contribution in [0.25, 0.3) is 10.8 Å². The van der Waals surface area contributed by atoms with Crippen molar-refractivity contribution in [3.05, 3.63) is 48.0 Å². The second-order valence-electron chi connectivity index (χ2n) is 4.86. The summed E-state index contributed by atoms with van der Waals surface area (Å²) in [4.78, 5) is 2.28. The van der Waals surface area contributed by atoms with Gasteiger partial charge in [0.2, 0.25) is 0 Å². The van der Waals surface area contributed by atoms with Crippen molar-refractivity contribution in [3.63, 3.8) is 0 Å². The Labute approximate surface area is 110 Å². The summed E-state index contributed by atoms with van der Waals surface area (Å²) in [5.41, 5.74) is 1.40. The summed E-state index contributed by atoms with van der Waals surface area (Å²) in [7, 11) is 4.29. The fourth-order valence-electron chi connectivity index (χ4n) is 2.39. The minimum atomic E-state index is 0.413. The van der Waals surface area contributed by atoms with Crippen LogP contribution in [0.1, 0.15) is 18.5 Å². The number of hydrogen-bond acceptors (Lipinski definition) is 2. The Kier molecular flexibility index (Phi) is 4.34. The normalized spacial score (nSPS) is 13.1. The molecule has 2 aromatic carbocycles. The smallest absolute Gasteiger partial charge is 0.0473 e. The second kappa shape index (κ2) is 5.98. The third-order valence-electron chi connectivity index (χ3n) is 3.39. The molecule has 0 radical (unpaired) electrons. The molecule has 0 aromatic heterocycles. The molecule has 0 fully saturated rings. The van der Waals surface area contributed by atoms with Gasteiger partial charge in [-0.05, 0) is 37.0 Å². The van der Waals surface area contributed by atoms with Crippen molar-refractivity contribution >= 4 is 10.8 Å². The van der Waals surface area contributed by atoms with Gasteiger partial charge in [0.25, 0.3) is 0 Å². The van der Waals surface area contributed by atoms with Gasteiger partial charge in [-0.1, -0.05) is 49.4 Å². The molecular formula is C16H22N2. The summed E-state index contributed by atoms with van der Waals surface area (Å²) in [6, 6.07) is 15.6. The Bertz CT molecular complexity index is 500. The average Bonchev–Trinajstić information content (AvgIpc) is 2.39. The summed E-state index contributed by atoms with van der Waals surface area (Å²) >= 11 is 0. The molecular weight excluding hydrogens is 220 g/mol. The van der Waals surface area contributed by atoms with E-state index in [4.69, 9.17) is 0 Å². The number of likely N-dealkylation sites (N-methyl/N-ethyl adjacent to an activating group) is 2. The molecule has 0 amide bonds. The van der Waals surface area contributed by atoms with E-state index in [1.165, 1.54) is 16.3 Å². The zero-order valence-corrected chi connectivity index (χ0v) is 11.5. The van der Waals surface area contributed by atoms with Crippen LogP contribution >= 0.6 is 0 Å². The molecule has 0 saturated heterocycles. The van der Waals surface area contributed by atoms with Gasteiger partial charge in [0.1, 0.15) is 0 Å². The van der Waals surface area contributed by atoms with E-state index in [1.807, 2.05) is 0 Å². The lowest BCUT2D eigenvalue weighted by Crippen LogP contribution is -2.31. The first-order valence-corrected chi connectivity index (χ1v) is 6.59. The summed E-state index contributed by atoms with van der Waals surface area (Å²) in [6.07, 6.45) is 0. The highest BCUT2D eigenvalue weighted by molar-refractivity contribution is 5.86. The van der Waals surface area contributed by atoms with Crippen molar-refractivity contribution in [2.24, 2.45) is 0 Å². The fraction of sp³-hybridized carbons (Fsp3) is 0.375. The quantitative estimate of drug-likeness (QED) is 0.867. The molecule has 18 heavy (non-hydrogen) atoms. The number of benzene rings is 2. The maximum absolute atomic E-state index is 3.45. The third-order valence-corrected chi connectivity index (χ3v) is 3.39. The summed E-state index contributed by atoms with van der Waals surface area (Å²) in [5, 5.41) is 6.13. The number of rotatable bonds is 5. The standard InChI is InChI=1S/C16H22N2/c1-4-17-12-16(18(2)3)15-11-7-9-13-8-5-6-10-14(13)15/h5-11,16-17H,4,12H2,1-3H3. The number of nitrogens with one attached hydrogen (secondary N) is 1. The highest BCUT2D eigenvalue weighted by Crippen LogP contribution is 2.26. The molecule has 2 aromatic rings. The van der Waals surface area contributed by atoms with Crippen molar-refractivity contribution in [3.8, 4) is 0 Å². The Hall–Kier alpha value is -1.38. The molecule has 0 aliphatic rings. The highest BCUT2D eigenvalue weighted by Gasteiger charge is 2.15. The predicted molar refractivity (Wildman–Crippen MR) is 78.9 cm³/mol. The van der Waals surface area contributed by atoms with Crippen LogP contribution in [0.5, 0.6) is 0 Å². The molecule has 1 atom stereocenters. The lowest BCUT2D eigenvalue weighted by molar-refractivity contribution is 0.292. The molecule has 2 nitrogen and oxygen atoms in total. The van der Waals surface area contributed by atoms with Crippen molar-refractivity contribution in [1.82, 2.24) is 10.2 Å². The minimum Gasteiger partial charge on any atom is -0.315 e. The minimum absolute atomic E-state index is 0.413. The largest absolute Gasteiger partial charge is 0.315 e. The van der Waals surface area contributed by atoms with Crippen LogP contribution in [0.2, 0.25) is 0 Å². The van der Waals surface area contributed by atoms with Gasteiger partial charge in [-0.25, -0.2) is 0 Å². The van der Waals surface area contributed by atoms with Crippen molar-refractivity contribution in [2.45, 2.75) is 13.0 Å². The summed E-state index contributed by atoms with van der Waals surface area (Å²) in [6.45, 7) is 4.14. The first-order chi connectivity index (χ1) is 8.74. The molecule has 0 heterocycles. The van der Waals surface area contributed by atoms with Gasteiger partial charge < -0.3 is 10.2 Å². The van der Waals surface area contributed by atoms with Gasteiger partial charge in [-0.2, -0.15) is 0 Å². The van der Waals surface area contributed by atoms with E-state index in [0.717, 1.165) is 13.1 Å². The van der Waals surface area contributed by atoms with Crippen LogP contribution in [0.4, 0.5) is 0 Å². The van der Waals surface area contributed by atoms with Crippen molar-refractivity contribution < 1.29 is 0 Å². The van der Waals surface area contributed by atoms with Gasteiger partial charge in [0.05, 0.1) is 0 Å². The van der Waals surface area contributed by atoms with Gasteiger partial charge in [-0.3, -0.25) is 0 Å². The molecule has 1 N–H and O–H groups in total. The molecule has 0 aliphatic heterocycles. The molecule has 0 bridgehead atoms. The predicted octanol–water partition coefficient (Wildman–Crippen LogP) is 3.05. The van der Waals surface area contributed by atoms with Gasteiger partial charge in [-0.15, -0.1) is 0 Å². The first-order valence-electron chi connectivity index (χ1n) is 6.59. The number of hydrogen-bond donors (Lipinski definition) is 1. The summed E-state index contributed by atoms with van der Waals surface area (Å²) in [5.74, 6) is 0. The SMILES string of the molecule is CCNCC(c1cccc2ccccc12)N(C)C. The second-order valence-corrected chi connectivity index (χ2v) is 4.86. The van der Waals surface area contributed by atoms with Crippen LogP contribution in [-0.2, 0) is 0 Å². The Morgan fingerprint density at radius 3 is 2.50 bits per heavy atom. The number of fused-ring (bicyclic) bond motifs is 1. The van der Waals surface area contributed by atoms with Crippen LogP contribution in [0, 0.1) is 0 Å². The zero-order chi connectivity index (χ0) is 13.0. The number of nitrogens with zero attached hydrogens (tertiary/aromatic N) is 1. The van der Waals surface area contributed by atoms with Gasteiger partial charge in [0, 0.05) is 12.6 Å². The van der Waals surface area contributed by atoms with E-state index >= 15 is 0 Å². The Morgan fingerprint density at radius 2 is 1.78 bits per heavy atom. The third kappa shape index (κ3) is 2.71. The monoisotopic (exact) mass is 242 g/mol. The molecule has 0 saturated carbocycles. The maximum Gasteiger partial charge on any atom is 0.0473 e. The Morgan fingerprint density at radius 1 is 1.06 bits per heavy atom. The van der Waals surface area contributed by atoms with Crippen LogP contribution in [0.3, 0.4) is 0 Å². The van der Waals surface area contributed by atoms with Crippen LogP contribution in [-0.4, -0.2) is 32.1 Å². The molecule has 2 heteroatoms. The van der Waals surface area contributed by atoms with Crippen molar-refractivity contribution in [1.29, 1.82) is 0 Å². The van der Waals surface area contributed by atoms with E-state index in [1.54, 1.807) is 0 Å². The zero-order valence-electron chi connectivity index (χ0n) is 11.5. The van der Waals surface area contributed by atoms with Crippen LogP contribution < -0.4 is 5.32 Å². The van der Waals surface area contributed by atoms with Gasteiger partial charge in [0.15, 0.2) is 0 Å². The first kappa shape index (κ1) is 13.1. The van der Waals surface area contributed by atoms with E-state index in [9.17, 15) is 0 Å². The van der Waals surface area contributed by atoms with Gasteiger partial charge >= 0.3 is 0 Å². The maximum atomic E-state index is 3.45. The van der Waals surface area contributed by atoms with Crippen molar-refractivity contribution in [2.75, 3.05) is 27.2 Å². The topological polar surface area (TPSA) is 15.3 Å². The molecule has 0 aliphatic carbocycles. The molecule has 96 valence electrons. The summed E-state index contributed by atoms with van der Waals surface area (Å²) < 4.78 is 0. The van der Waals surface area contributed by atoms with E-state index in [-0.39, 0.29) is 0 Å². The Balaban J connectivity index is 2.43. The molecule has 1 unspecified atom stereocenters.